The number of aromatic hydroxyl groups is 1. The van der Waals surface area contributed by atoms with Gasteiger partial charge in [0, 0.05) is 54.2 Å². The quantitative estimate of drug-likeness (QED) is 0.321. The van der Waals surface area contributed by atoms with Crippen molar-refractivity contribution >= 4 is 28.4 Å². The molecule has 0 aliphatic rings. The maximum atomic E-state index is 12.1. The molecule has 0 bridgehead atoms. The van der Waals surface area contributed by atoms with Gasteiger partial charge in [-0.2, -0.15) is 0 Å². The van der Waals surface area contributed by atoms with Gasteiger partial charge in [0.2, 0.25) is 0 Å². The van der Waals surface area contributed by atoms with E-state index in [4.69, 9.17) is 4.42 Å². The van der Waals surface area contributed by atoms with Crippen molar-refractivity contribution in [2.45, 2.75) is 31.7 Å². The number of anilines is 1. The molecule has 0 radical (unpaired) electrons. The van der Waals surface area contributed by atoms with Gasteiger partial charge in [-0.15, -0.1) is 10.2 Å². The molecule has 8 heteroatoms. The van der Waals surface area contributed by atoms with E-state index in [2.05, 4.69) is 53.2 Å². The van der Waals surface area contributed by atoms with E-state index in [1.54, 1.807) is 19.1 Å². The topological polar surface area (TPSA) is 84.4 Å². The molecule has 0 saturated carbocycles. The Morgan fingerprint density at radius 1 is 1.09 bits per heavy atom. The fraction of sp³-hybridized carbons (Fsp3) is 0.292. The summed E-state index contributed by atoms with van der Waals surface area (Å²) >= 11 is 1.50. The highest BCUT2D eigenvalue weighted by Gasteiger charge is 2.15. The number of fused-ring (bicyclic) bond motifs is 1. The smallest absolute Gasteiger partial charge is 0.336 e. The van der Waals surface area contributed by atoms with Crippen LogP contribution in [0.15, 0.2) is 56.8 Å². The van der Waals surface area contributed by atoms with Gasteiger partial charge in [0.15, 0.2) is 11.0 Å². The van der Waals surface area contributed by atoms with E-state index >= 15 is 0 Å². The van der Waals surface area contributed by atoms with Crippen LogP contribution in [-0.2, 0) is 12.8 Å². The molecule has 0 fully saturated rings. The molecule has 1 N–H and O–H groups in total. The molecule has 4 aromatic rings. The lowest BCUT2D eigenvalue weighted by Crippen LogP contribution is -2.21. The molecule has 0 atom stereocenters. The van der Waals surface area contributed by atoms with E-state index in [1.807, 2.05) is 11.6 Å². The number of aromatic nitrogens is 3. The third-order valence-corrected chi connectivity index (χ3v) is 6.73. The number of hydrogen-bond donors (Lipinski definition) is 1. The summed E-state index contributed by atoms with van der Waals surface area (Å²) in [6, 6.07) is 13.2. The normalized spacial score (nSPS) is 11.2. The first-order valence-electron chi connectivity index (χ1n) is 10.6. The van der Waals surface area contributed by atoms with E-state index in [0.29, 0.717) is 16.9 Å². The Morgan fingerprint density at radius 3 is 2.50 bits per heavy atom. The van der Waals surface area contributed by atoms with Gasteiger partial charge in [0.1, 0.15) is 11.3 Å². The van der Waals surface area contributed by atoms with Crippen molar-refractivity contribution in [1.82, 2.24) is 14.8 Å². The molecule has 7 nitrogen and oxygen atoms in total. The van der Waals surface area contributed by atoms with Gasteiger partial charge in [0.25, 0.3) is 0 Å². The first-order valence-corrected chi connectivity index (χ1v) is 11.5. The Balaban J connectivity index is 1.58. The van der Waals surface area contributed by atoms with Gasteiger partial charge < -0.3 is 19.0 Å². The SMILES string of the molecule is CCN(CC)c1ccc(-c2nnc(SCc3cc(=O)oc4c(C)c(O)ccc34)n2C)cc1. The van der Waals surface area contributed by atoms with Crippen molar-refractivity contribution in [2.75, 3.05) is 18.0 Å². The van der Waals surface area contributed by atoms with Crippen molar-refractivity contribution < 1.29 is 9.52 Å². The summed E-state index contributed by atoms with van der Waals surface area (Å²) in [5.74, 6) is 1.42. The van der Waals surface area contributed by atoms with Crippen molar-refractivity contribution in [1.29, 1.82) is 0 Å². The second-order valence-corrected chi connectivity index (χ2v) is 8.49. The number of thioether (sulfide) groups is 1. The minimum Gasteiger partial charge on any atom is -0.508 e. The van der Waals surface area contributed by atoms with Crippen LogP contribution >= 0.6 is 11.8 Å². The predicted octanol–water partition coefficient (Wildman–Crippen LogP) is 4.74. The molecule has 166 valence electrons. The van der Waals surface area contributed by atoms with E-state index < -0.39 is 5.63 Å². The van der Waals surface area contributed by atoms with Gasteiger partial charge in [0.05, 0.1) is 0 Å². The van der Waals surface area contributed by atoms with Gasteiger partial charge in [-0.3, -0.25) is 0 Å². The molecule has 0 aliphatic carbocycles. The van der Waals surface area contributed by atoms with Crippen LogP contribution in [-0.4, -0.2) is 33.0 Å². The molecule has 2 heterocycles. The maximum absolute atomic E-state index is 12.1. The Labute approximate surface area is 190 Å². The lowest BCUT2D eigenvalue weighted by molar-refractivity contribution is 0.468. The lowest BCUT2D eigenvalue weighted by atomic mass is 10.1. The molecule has 0 aliphatic heterocycles. The molecular formula is C24H26N4O3S. The lowest BCUT2D eigenvalue weighted by Gasteiger charge is -2.21. The first-order chi connectivity index (χ1) is 15.4. The molecule has 0 saturated heterocycles. The molecule has 0 unspecified atom stereocenters. The van der Waals surface area contributed by atoms with Crippen LogP contribution in [0.2, 0.25) is 0 Å². The van der Waals surface area contributed by atoms with Crippen LogP contribution in [0.1, 0.15) is 25.0 Å². The predicted molar refractivity (Wildman–Crippen MR) is 128 cm³/mol. The monoisotopic (exact) mass is 450 g/mol. The molecule has 4 rings (SSSR count). The number of phenols is 1. The van der Waals surface area contributed by atoms with Crippen LogP contribution in [0.4, 0.5) is 5.69 Å². The average Bonchev–Trinajstić information content (AvgIpc) is 3.16. The molecule has 2 aromatic heterocycles. The Hall–Kier alpha value is -3.26. The van der Waals surface area contributed by atoms with Gasteiger partial charge >= 0.3 is 5.63 Å². The summed E-state index contributed by atoms with van der Waals surface area (Å²) in [5.41, 5.74) is 3.55. The average molecular weight is 451 g/mol. The highest BCUT2D eigenvalue weighted by Crippen LogP contribution is 2.31. The summed E-state index contributed by atoms with van der Waals surface area (Å²) in [4.78, 5) is 14.4. The van der Waals surface area contributed by atoms with Crippen molar-refractivity contribution in [3.8, 4) is 17.1 Å². The zero-order valence-corrected chi connectivity index (χ0v) is 19.4. The molecule has 0 amide bonds. The van der Waals surface area contributed by atoms with E-state index in [-0.39, 0.29) is 5.75 Å². The Morgan fingerprint density at radius 2 is 1.81 bits per heavy atom. The van der Waals surface area contributed by atoms with Crippen LogP contribution in [0.3, 0.4) is 0 Å². The summed E-state index contributed by atoms with van der Waals surface area (Å²) in [6.07, 6.45) is 0. The zero-order chi connectivity index (χ0) is 22.8. The third kappa shape index (κ3) is 4.10. The molecule has 2 aromatic carbocycles. The number of phenolic OH excluding ortho intramolecular Hbond substituents is 1. The molecular weight excluding hydrogens is 424 g/mol. The largest absolute Gasteiger partial charge is 0.508 e. The van der Waals surface area contributed by atoms with Crippen LogP contribution in [0, 0.1) is 6.92 Å². The van der Waals surface area contributed by atoms with Crippen molar-refractivity contribution in [2.24, 2.45) is 7.05 Å². The fourth-order valence-corrected chi connectivity index (χ4v) is 4.68. The third-order valence-electron chi connectivity index (χ3n) is 5.66. The number of rotatable bonds is 7. The van der Waals surface area contributed by atoms with E-state index in [0.717, 1.165) is 40.6 Å². The minimum absolute atomic E-state index is 0.107. The summed E-state index contributed by atoms with van der Waals surface area (Å²) in [7, 11) is 1.94. The van der Waals surface area contributed by atoms with Gasteiger partial charge in [-0.05, 0) is 62.7 Å². The highest BCUT2D eigenvalue weighted by atomic mass is 32.2. The number of aryl methyl sites for hydroxylation is 1. The second-order valence-electron chi connectivity index (χ2n) is 7.55. The highest BCUT2D eigenvalue weighted by molar-refractivity contribution is 7.98. The van der Waals surface area contributed by atoms with Crippen LogP contribution < -0.4 is 10.5 Å². The zero-order valence-electron chi connectivity index (χ0n) is 18.6. The standard InChI is InChI=1S/C24H26N4O3S/c1-5-28(6-2)18-9-7-16(8-10-18)23-25-26-24(27(23)4)32-14-17-13-21(30)31-22-15(3)20(29)12-11-19(17)22/h7-13,29H,5-6,14H2,1-4H3. The van der Waals surface area contributed by atoms with Crippen molar-refractivity contribution in [3.05, 3.63) is 64.0 Å². The van der Waals surface area contributed by atoms with Crippen molar-refractivity contribution in [3.63, 3.8) is 0 Å². The fourth-order valence-electron chi connectivity index (χ4n) is 3.78. The Bertz CT molecular complexity index is 1310. The molecule has 32 heavy (non-hydrogen) atoms. The second kappa shape index (κ2) is 9.08. The molecule has 0 spiro atoms. The minimum atomic E-state index is -0.436. The van der Waals surface area contributed by atoms with Crippen LogP contribution in [0.5, 0.6) is 5.75 Å². The van der Waals surface area contributed by atoms with E-state index in [9.17, 15) is 9.90 Å². The van der Waals surface area contributed by atoms with Crippen LogP contribution in [0.25, 0.3) is 22.4 Å². The Kier molecular flexibility index (Phi) is 6.23. The number of nitrogens with zero attached hydrogens (tertiary/aromatic N) is 4. The van der Waals surface area contributed by atoms with Gasteiger partial charge in [-0.25, -0.2) is 4.79 Å². The summed E-state index contributed by atoms with van der Waals surface area (Å²) in [5, 5.41) is 20.2. The van der Waals surface area contributed by atoms with Gasteiger partial charge in [-0.1, -0.05) is 11.8 Å². The summed E-state index contributed by atoms with van der Waals surface area (Å²) in [6.45, 7) is 7.96. The number of hydrogen-bond acceptors (Lipinski definition) is 7. The number of benzene rings is 2. The summed E-state index contributed by atoms with van der Waals surface area (Å²) < 4.78 is 7.29. The maximum Gasteiger partial charge on any atom is 0.336 e. The van der Waals surface area contributed by atoms with E-state index in [1.165, 1.54) is 23.5 Å². The first kappa shape index (κ1) is 22.0.